The predicted molar refractivity (Wildman–Crippen MR) is 151 cm³/mol. The fourth-order valence-corrected chi connectivity index (χ4v) is 6.94. The lowest BCUT2D eigenvalue weighted by molar-refractivity contribution is -0.121. The second-order valence-corrected chi connectivity index (χ2v) is 14.4. The summed E-state index contributed by atoms with van der Waals surface area (Å²) in [5.41, 5.74) is 0.521. The maximum Gasteiger partial charge on any atom is 0.500 e. The second-order valence-electron chi connectivity index (χ2n) is 11.3. The van der Waals surface area contributed by atoms with Crippen LogP contribution < -0.4 is 10.6 Å². The number of aliphatic imine (C=N–C) groups is 1. The van der Waals surface area contributed by atoms with E-state index >= 15 is 0 Å². The van der Waals surface area contributed by atoms with E-state index in [0.29, 0.717) is 37.4 Å². The lowest BCUT2D eigenvalue weighted by Gasteiger charge is -2.42. The Hall–Kier alpha value is -1.78. The fourth-order valence-electron chi connectivity index (χ4n) is 5.22. The Kier molecular flexibility index (Phi) is 18.4. The standard InChI is InChI=1S/C16H32N2O5Si.C11H21NO2/c1-5-6-7-9-15(18-14-19)10-11-16(20)17-12-8-13-24(21-2,22-3)23-4;1-10(2)5-4-6-11(3,7-10)8-12-9(13)14/h15H,5-13H2,1-4H3,(H,17,20);12H,4-8H2,1-3H3,(H,13,14). The number of unbranched alkanes of at least 4 members (excludes halogenated alkanes) is 2. The zero-order valence-electron chi connectivity index (χ0n) is 24.8. The highest BCUT2D eigenvalue weighted by molar-refractivity contribution is 6.60. The molecule has 0 aromatic heterocycles. The summed E-state index contributed by atoms with van der Waals surface area (Å²) in [7, 11) is 2.16. The summed E-state index contributed by atoms with van der Waals surface area (Å²) in [6.45, 7) is 9.98. The van der Waals surface area contributed by atoms with Gasteiger partial charge >= 0.3 is 14.9 Å². The van der Waals surface area contributed by atoms with Crippen LogP contribution in [-0.4, -0.2) is 72.5 Å². The Balaban J connectivity index is 0.000000824. The van der Waals surface area contributed by atoms with Crippen molar-refractivity contribution in [1.82, 2.24) is 10.6 Å². The molecular weight excluding hydrogens is 506 g/mol. The number of carboxylic acid groups (broad SMARTS) is 1. The van der Waals surface area contributed by atoms with Gasteiger partial charge in [0.05, 0.1) is 6.04 Å². The van der Waals surface area contributed by atoms with Crippen LogP contribution in [0.5, 0.6) is 0 Å². The molecule has 0 aromatic carbocycles. The van der Waals surface area contributed by atoms with Crippen LogP contribution in [0.3, 0.4) is 0 Å². The van der Waals surface area contributed by atoms with Crippen molar-refractivity contribution in [2.45, 2.75) is 110 Å². The molecule has 2 unspecified atom stereocenters. The molecule has 0 saturated heterocycles. The van der Waals surface area contributed by atoms with Crippen LogP contribution in [0.25, 0.3) is 0 Å². The van der Waals surface area contributed by atoms with E-state index in [1.807, 2.05) is 0 Å². The van der Waals surface area contributed by atoms with Gasteiger partial charge in [0.2, 0.25) is 12.0 Å². The molecule has 0 aromatic rings. The lowest BCUT2D eigenvalue weighted by atomic mass is 9.64. The minimum Gasteiger partial charge on any atom is -0.465 e. The quantitative estimate of drug-likeness (QED) is 0.0952. The number of amides is 2. The first-order chi connectivity index (χ1) is 17.9. The van der Waals surface area contributed by atoms with E-state index < -0.39 is 14.9 Å². The van der Waals surface area contributed by atoms with Crippen LogP contribution in [0.1, 0.15) is 98.3 Å². The summed E-state index contributed by atoms with van der Waals surface area (Å²) >= 11 is 0. The van der Waals surface area contributed by atoms with E-state index in [4.69, 9.17) is 18.4 Å². The van der Waals surface area contributed by atoms with Gasteiger partial charge in [0, 0.05) is 46.9 Å². The van der Waals surface area contributed by atoms with Gasteiger partial charge in [0.15, 0.2) is 0 Å². The van der Waals surface area contributed by atoms with Crippen molar-refractivity contribution in [3.63, 3.8) is 0 Å². The fraction of sp³-hybridized carbons (Fsp3) is 0.889. The Labute approximate surface area is 231 Å². The second kappa shape index (κ2) is 19.3. The summed E-state index contributed by atoms with van der Waals surface area (Å²) in [4.78, 5) is 36.6. The molecule has 10 nitrogen and oxygen atoms in total. The molecule has 0 bridgehead atoms. The number of hydrogen-bond acceptors (Lipinski definition) is 7. The van der Waals surface area contributed by atoms with Gasteiger partial charge in [-0.2, -0.15) is 0 Å². The van der Waals surface area contributed by atoms with Crippen LogP contribution >= 0.6 is 0 Å². The maximum atomic E-state index is 11.9. The topological polar surface area (TPSA) is 136 Å². The minimum atomic E-state index is -2.56. The number of carbonyl (C=O) groups excluding carboxylic acids is 2. The first-order valence-electron chi connectivity index (χ1n) is 13.9. The highest BCUT2D eigenvalue weighted by Gasteiger charge is 2.37. The number of nitrogens with one attached hydrogen (secondary N) is 2. The van der Waals surface area contributed by atoms with Gasteiger partial charge in [-0.3, -0.25) is 4.79 Å². The van der Waals surface area contributed by atoms with Crippen LogP contribution in [-0.2, 0) is 22.9 Å². The number of carbonyl (C=O) groups is 2. The molecule has 1 fully saturated rings. The van der Waals surface area contributed by atoms with E-state index in [1.54, 1.807) is 27.4 Å². The van der Waals surface area contributed by atoms with Crippen molar-refractivity contribution in [2.24, 2.45) is 15.8 Å². The lowest BCUT2D eigenvalue weighted by Crippen LogP contribution is -2.43. The largest absolute Gasteiger partial charge is 0.500 e. The average molecular weight is 560 g/mol. The third kappa shape index (κ3) is 16.2. The molecule has 0 radical (unpaired) electrons. The predicted octanol–water partition coefficient (Wildman–Crippen LogP) is 5.30. The molecule has 2 amide bonds. The SMILES string of the molecule is CC1(C)CCCC(C)(CNC(=O)O)C1.CCCCCC(CCC(=O)NCCC[Si](OC)(OC)OC)N=C=O. The third-order valence-electron chi connectivity index (χ3n) is 7.20. The summed E-state index contributed by atoms with van der Waals surface area (Å²) in [6, 6.07) is 0.543. The highest BCUT2D eigenvalue weighted by atomic mass is 28.4. The Morgan fingerprint density at radius 3 is 2.21 bits per heavy atom. The van der Waals surface area contributed by atoms with Crippen LogP contribution in [0.4, 0.5) is 4.79 Å². The summed E-state index contributed by atoms with van der Waals surface area (Å²) in [5.74, 6) is -0.0314. The number of rotatable bonds is 17. The van der Waals surface area contributed by atoms with Crippen molar-refractivity contribution >= 4 is 26.9 Å². The molecule has 1 aliphatic rings. The van der Waals surface area contributed by atoms with Crippen LogP contribution in [0.15, 0.2) is 4.99 Å². The normalized spacial score (nSPS) is 19.3. The molecular formula is C27H53N3O7Si. The number of nitrogens with zero attached hydrogens (tertiary/aromatic N) is 1. The third-order valence-corrected chi connectivity index (χ3v) is 10.0. The van der Waals surface area contributed by atoms with Gasteiger partial charge in [-0.05, 0) is 49.4 Å². The van der Waals surface area contributed by atoms with Crippen molar-refractivity contribution in [2.75, 3.05) is 34.4 Å². The summed E-state index contributed by atoms with van der Waals surface area (Å²) < 4.78 is 16.0. The Morgan fingerprint density at radius 2 is 1.68 bits per heavy atom. The molecule has 0 heterocycles. The molecule has 222 valence electrons. The molecule has 2 atom stereocenters. The maximum absolute atomic E-state index is 11.9. The van der Waals surface area contributed by atoms with Gasteiger partial charge in [-0.15, -0.1) is 0 Å². The number of isocyanates is 1. The number of hydrogen-bond donors (Lipinski definition) is 3. The molecule has 3 N–H and O–H groups in total. The first kappa shape index (κ1) is 36.2. The van der Waals surface area contributed by atoms with Crippen molar-refractivity contribution in [3.05, 3.63) is 0 Å². The van der Waals surface area contributed by atoms with Crippen molar-refractivity contribution < 1.29 is 32.8 Å². The minimum absolute atomic E-state index is 0.0314. The zero-order valence-corrected chi connectivity index (χ0v) is 25.8. The Bertz CT molecular complexity index is 719. The smallest absolute Gasteiger partial charge is 0.465 e. The summed E-state index contributed by atoms with van der Waals surface area (Å²) in [5, 5.41) is 14.0. The average Bonchev–Trinajstić information content (AvgIpc) is 2.86. The molecule has 1 rings (SSSR count). The van der Waals surface area contributed by atoms with E-state index in [1.165, 1.54) is 12.8 Å². The highest BCUT2D eigenvalue weighted by Crippen LogP contribution is 2.45. The first-order valence-corrected chi connectivity index (χ1v) is 15.8. The summed E-state index contributed by atoms with van der Waals surface area (Å²) in [6.07, 6.45) is 11.2. The van der Waals surface area contributed by atoms with Crippen LogP contribution in [0, 0.1) is 10.8 Å². The van der Waals surface area contributed by atoms with Gasteiger partial charge < -0.3 is 29.0 Å². The van der Waals surface area contributed by atoms with Crippen molar-refractivity contribution in [3.8, 4) is 0 Å². The molecule has 1 saturated carbocycles. The van der Waals surface area contributed by atoms with E-state index in [0.717, 1.165) is 44.9 Å². The van der Waals surface area contributed by atoms with Gasteiger partial charge in [0.25, 0.3) is 0 Å². The molecule has 11 heteroatoms. The molecule has 38 heavy (non-hydrogen) atoms. The molecule has 1 aliphatic carbocycles. The molecule has 0 spiro atoms. The van der Waals surface area contributed by atoms with Crippen LogP contribution in [0.2, 0.25) is 6.04 Å². The van der Waals surface area contributed by atoms with Crippen molar-refractivity contribution in [1.29, 1.82) is 0 Å². The van der Waals surface area contributed by atoms with E-state index in [-0.39, 0.29) is 17.4 Å². The molecule has 0 aliphatic heterocycles. The van der Waals surface area contributed by atoms with E-state index in [2.05, 4.69) is 43.3 Å². The Morgan fingerprint density at radius 1 is 1.03 bits per heavy atom. The van der Waals surface area contributed by atoms with Gasteiger partial charge in [-0.25, -0.2) is 14.6 Å². The van der Waals surface area contributed by atoms with Gasteiger partial charge in [0.1, 0.15) is 0 Å². The zero-order chi connectivity index (χ0) is 29.1. The van der Waals surface area contributed by atoms with E-state index in [9.17, 15) is 14.4 Å². The van der Waals surface area contributed by atoms with Gasteiger partial charge in [-0.1, -0.05) is 53.4 Å². The monoisotopic (exact) mass is 559 g/mol.